The van der Waals surface area contributed by atoms with Gasteiger partial charge in [-0.15, -0.1) is 0 Å². The molecule has 0 radical (unpaired) electrons. The summed E-state index contributed by atoms with van der Waals surface area (Å²) in [5.74, 6) is -0.0632. The summed E-state index contributed by atoms with van der Waals surface area (Å²) in [6.07, 6.45) is -3.23. The maximum Gasteiger partial charge on any atom is 0.412 e. The van der Waals surface area contributed by atoms with E-state index in [0.29, 0.717) is 6.42 Å². The number of sulfone groups is 1. The number of carbonyl (C=O) groups is 1. The van der Waals surface area contributed by atoms with Crippen LogP contribution in [0.5, 0.6) is 0 Å². The zero-order valence-electron chi connectivity index (χ0n) is 10.6. The quantitative estimate of drug-likeness (QED) is 0.737. The maximum atomic E-state index is 12.4. The summed E-state index contributed by atoms with van der Waals surface area (Å²) in [6.45, 7) is -0.128. The van der Waals surface area contributed by atoms with Crippen LogP contribution in [0.1, 0.15) is 12.8 Å². The molecule has 20 heavy (non-hydrogen) atoms. The standard InChI is InChI=1S/C11H15F3N2O3S/c12-11(13,14)8-1-4-16(5-2-8)10(17)15-9-3-6-20(18,19)7-9/h1,9H,2-7H2,(H,15,17)/t9-/m1/s1. The van der Waals surface area contributed by atoms with Gasteiger partial charge in [0.15, 0.2) is 9.84 Å². The highest BCUT2D eigenvalue weighted by Crippen LogP contribution is 2.30. The van der Waals surface area contributed by atoms with Crippen molar-refractivity contribution in [2.24, 2.45) is 0 Å². The minimum atomic E-state index is -4.35. The first-order valence-corrected chi connectivity index (χ1v) is 8.01. The van der Waals surface area contributed by atoms with E-state index in [2.05, 4.69) is 5.32 Å². The molecule has 2 aliphatic rings. The van der Waals surface area contributed by atoms with Crippen molar-refractivity contribution in [2.75, 3.05) is 24.6 Å². The van der Waals surface area contributed by atoms with E-state index < -0.39 is 33.7 Å². The predicted octanol–water partition coefficient (Wildman–Crippen LogP) is 1.08. The van der Waals surface area contributed by atoms with Gasteiger partial charge < -0.3 is 10.2 Å². The van der Waals surface area contributed by atoms with Crippen LogP contribution in [0.2, 0.25) is 0 Å². The number of amides is 2. The summed E-state index contributed by atoms with van der Waals surface area (Å²) in [6, 6.07) is -0.954. The molecule has 1 N–H and O–H groups in total. The third-order valence-corrected chi connectivity index (χ3v) is 5.19. The lowest BCUT2D eigenvalue weighted by molar-refractivity contribution is -0.0956. The first kappa shape index (κ1) is 15.1. The first-order valence-electron chi connectivity index (χ1n) is 6.19. The number of nitrogens with zero attached hydrogens (tertiary/aromatic N) is 1. The minimum absolute atomic E-state index is 0.0172. The number of alkyl halides is 3. The van der Waals surface area contributed by atoms with Gasteiger partial charge in [0.05, 0.1) is 11.5 Å². The molecule has 0 spiro atoms. The van der Waals surface area contributed by atoms with Gasteiger partial charge in [-0.2, -0.15) is 13.2 Å². The first-order chi connectivity index (χ1) is 9.17. The van der Waals surface area contributed by atoms with E-state index >= 15 is 0 Å². The van der Waals surface area contributed by atoms with Crippen molar-refractivity contribution in [1.82, 2.24) is 10.2 Å². The third-order valence-electron chi connectivity index (χ3n) is 3.42. The monoisotopic (exact) mass is 312 g/mol. The summed E-state index contributed by atoms with van der Waals surface area (Å²) in [5.41, 5.74) is -0.620. The van der Waals surface area contributed by atoms with Gasteiger partial charge in [0.2, 0.25) is 0 Å². The van der Waals surface area contributed by atoms with Crippen molar-refractivity contribution in [2.45, 2.75) is 25.1 Å². The van der Waals surface area contributed by atoms with Gasteiger partial charge in [-0.25, -0.2) is 13.2 Å². The van der Waals surface area contributed by atoms with Crippen molar-refractivity contribution in [1.29, 1.82) is 0 Å². The van der Waals surface area contributed by atoms with E-state index in [1.807, 2.05) is 0 Å². The number of hydrogen-bond donors (Lipinski definition) is 1. The van der Waals surface area contributed by atoms with E-state index in [1.165, 1.54) is 4.90 Å². The van der Waals surface area contributed by atoms with Gasteiger partial charge in [-0.3, -0.25) is 0 Å². The van der Waals surface area contributed by atoms with E-state index in [9.17, 15) is 26.4 Å². The number of carbonyl (C=O) groups excluding carboxylic acids is 1. The second kappa shape index (κ2) is 5.27. The van der Waals surface area contributed by atoms with Crippen LogP contribution in [0.4, 0.5) is 18.0 Å². The lowest BCUT2D eigenvalue weighted by Crippen LogP contribution is -2.47. The van der Waals surface area contributed by atoms with Crippen LogP contribution in [0, 0.1) is 0 Å². The van der Waals surface area contributed by atoms with Gasteiger partial charge in [-0.1, -0.05) is 6.08 Å². The molecule has 0 saturated carbocycles. The van der Waals surface area contributed by atoms with E-state index in [-0.39, 0.29) is 31.0 Å². The zero-order valence-corrected chi connectivity index (χ0v) is 11.4. The predicted molar refractivity (Wildman–Crippen MR) is 65.9 cm³/mol. The lowest BCUT2D eigenvalue weighted by Gasteiger charge is -2.28. The molecule has 5 nitrogen and oxygen atoms in total. The highest BCUT2D eigenvalue weighted by Gasteiger charge is 2.36. The highest BCUT2D eigenvalue weighted by atomic mass is 32.2. The van der Waals surface area contributed by atoms with Crippen LogP contribution in [-0.4, -0.2) is 56.2 Å². The molecule has 0 aliphatic carbocycles. The van der Waals surface area contributed by atoms with E-state index in [0.717, 1.165) is 6.08 Å². The van der Waals surface area contributed by atoms with Crippen molar-refractivity contribution in [3.05, 3.63) is 11.6 Å². The van der Waals surface area contributed by atoms with Crippen LogP contribution >= 0.6 is 0 Å². The Kier molecular flexibility index (Phi) is 3.99. The van der Waals surface area contributed by atoms with Crippen LogP contribution < -0.4 is 5.32 Å². The molecule has 1 fully saturated rings. The molecule has 114 valence electrons. The van der Waals surface area contributed by atoms with E-state index in [4.69, 9.17) is 0 Å². The Balaban J connectivity index is 1.88. The molecular weight excluding hydrogens is 297 g/mol. The minimum Gasteiger partial charge on any atom is -0.334 e. The Morgan fingerprint density at radius 2 is 2.10 bits per heavy atom. The van der Waals surface area contributed by atoms with E-state index in [1.54, 1.807) is 0 Å². The Morgan fingerprint density at radius 1 is 1.40 bits per heavy atom. The zero-order chi connectivity index (χ0) is 15.0. The summed E-state index contributed by atoms with van der Waals surface area (Å²) in [4.78, 5) is 13.1. The molecule has 9 heteroatoms. The lowest BCUT2D eigenvalue weighted by atomic mass is 10.1. The number of nitrogens with one attached hydrogen (secondary N) is 1. The van der Waals surface area contributed by atoms with Gasteiger partial charge >= 0.3 is 12.2 Å². The molecule has 0 aromatic carbocycles. The topological polar surface area (TPSA) is 66.5 Å². The molecule has 0 aromatic rings. The fourth-order valence-electron chi connectivity index (χ4n) is 2.29. The van der Waals surface area contributed by atoms with Crippen LogP contribution in [0.15, 0.2) is 11.6 Å². The molecule has 2 heterocycles. The highest BCUT2D eigenvalue weighted by molar-refractivity contribution is 7.91. The molecule has 2 amide bonds. The molecule has 0 aromatic heterocycles. The van der Waals surface area contributed by atoms with Gasteiger partial charge in [0, 0.05) is 24.7 Å². The molecule has 0 unspecified atom stereocenters. The average Bonchev–Trinajstić information content (AvgIpc) is 2.67. The van der Waals surface area contributed by atoms with Gasteiger partial charge in [-0.05, 0) is 12.8 Å². The van der Waals surface area contributed by atoms with Crippen LogP contribution in [0.3, 0.4) is 0 Å². The SMILES string of the molecule is O=C(N[C@@H]1CCS(=O)(=O)C1)N1CC=C(C(F)(F)F)CC1. The molecule has 0 bridgehead atoms. The Morgan fingerprint density at radius 3 is 2.55 bits per heavy atom. The summed E-state index contributed by atoms with van der Waals surface area (Å²) < 4.78 is 59.8. The van der Waals surface area contributed by atoms with Crippen molar-refractivity contribution in [3.8, 4) is 0 Å². The number of rotatable bonds is 1. The van der Waals surface area contributed by atoms with Crippen molar-refractivity contribution in [3.63, 3.8) is 0 Å². The summed E-state index contributed by atoms with van der Waals surface area (Å²) in [7, 11) is -3.09. The number of hydrogen-bond acceptors (Lipinski definition) is 3. The van der Waals surface area contributed by atoms with Gasteiger partial charge in [0.25, 0.3) is 0 Å². The fourth-order valence-corrected chi connectivity index (χ4v) is 3.96. The molecule has 1 saturated heterocycles. The fraction of sp³-hybridized carbons (Fsp3) is 0.727. The Bertz CT molecular complexity index is 528. The van der Waals surface area contributed by atoms with Crippen molar-refractivity contribution < 1.29 is 26.4 Å². The summed E-state index contributed by atoms with van der Waals surface area (Å²) >= 11 is 0. The average molecular weight is 312 g/mol. The number of urea groups is 1. The molecule has 2 aliphatic heterocycles. The smallest absolute Gasteiger partial charge is 0.334 e. The second-order valence-electron chi connectivity index (χ2n) is 4.97. The second-order valence-corrected chi connectivity index (χ2v) is 7.20. The summed E-state index contributed by atoms with van der Waals surface area (Å²) in [5, 5.41) is 2.56. The van der Waals surface area contributed by atoms with Crippen molar-refractivity contribution >= 4 is 15.9 Å². The number of halogens is 3. The van der Waals surface area contributed by atoms with Crippen LogP contribution in [-0.2, 0) is 9.84 Å². The largest absolute Gasteiger partial charge is 0.412 e. The normalized spacial score (nSPS) is 26.2. The maximum absolute atomic E-state index is 12.4. The Hall–Kier alpha value is -1.25. The van der Waals surface area contributed by atoms with Gasteiger partial charge in [0.1, 0.15) is 0 Å². The molecular formula is C11H15F3N2O3S. The Labute approximate surface area is 114 Å². The third kappa shape index (κ3) is 3.65. The molecule has 2 rings (SSSR count). The van der Waals surface area contributed by atoms with Crippen LogP contribution in [0.25, 0.3) is 0 Å². The molecule has 1 atom stereocenters.